The minimum atomic E-state index is -0.0373. The van der Waals surface area contributed by atoms with Gasteiger partial charge in [0.25, 0.3) is 0 Å². The van der Waals surface area contributed by atoms with Gasteiger partial charge >= 0.3 is 0 Å². The molecule has 0 aliphatic carbocycles. The number of aromatic nitrogens is 2. The van der Waals surface area contributed by atoms with Gasteiger partial charge in [-0.1, -0.05) is 61.6 Å². The number of nitriles is 1. The molecule has 1 heterocycles. The molecular weight excluding hydrogens is 390 g/mol. The van der Waals surface area contributed by atoms with E-state index in [4.69, 9.17) is 5.26 Å². The van der Waals surface area contributed by atoms with E-state index >= 15 is 0 Å². The monoisotopic (exact) mass is 417 g/mol. The van der Waals surface area contributed by atoms with Crippen LogP contribution in [0.3, 0.4) is 0 Å². The van der Waals surface area contributed by atoms with E-state index in [0.717, 1.165) is 34.0 Å². The number of rotatable bonds is 12. The van der Waals surface area contributed by atoms with Crippen molar-refractivity contribution < 1.29 is 4.79 Å². The predicted octanol–water partition coefficient (Wildman–Crippen LogP) is 4.82. The van der Waals surface area contributed by atoms with Crippen molar-refractivity contribution in [1.29, 1.82) is 5.26 Å². The lowest BCUT2D eigenvalue weighted by Crippen LogP contribution is -2.33. The molecule has 0 aliphatic rings. The fourth-order valence-electron chi connectivity index (χ4n) is 2.56. The van der Waals surface area contributed by atoms with E-state index in [1.807, 2.05) is 30.3 Å². The van der Waals surface area contributed by atoms with E-state index in [2.05, 4.69) is 35.4 Å². The summed E-state index contributed by atoms with van der Waals surface area (Å²) in [4.78, 5) is 14.3. The lowest BCUT2D eigenvalue weighted by Gasteiger charge is -2.21. The normalized spacial score (nSPS) is 11.6. The minimum Gasteiger partial charge on any atom is -0.360 e. The first-order valence-corrected chi connectivity index (χ1v) is 11.4. The highest BCUT2D eigenvalue weighted by molar-refractivity contribution is 8.01. The SMILES string of the molecule is CCC(C)CCCNc1nnc(SCC(=O)N(CCC#N)c2ccccc2)s1. The molecule has 1 N–H and O–H groups in total. The van der Waals surface area contributed by atoms with Crippen molar-refractivity contribution in [3.63, 3.8) is 0 Å². The van der Waals surface area contributed by atoms with Crippen LogP contribution in [-0.4, -0.2) is 34.9 Å². The maximum absolute atomic E-state index is 12.7. The molecule has 0 spiro atoms. The van der Waals surface area contributed by atoms with E-state index in [1.165, 1.54) is 35.9 Å². The van der Waals surface area contributed by atoms with Gasteiger partial charge in [-0.3, -0.25) is 4.79 Å². The van der Waals surface area contributed by atoms with Crippen molar-refractivity contribution in [2.75, 3.05) is 29.1 Å². The summed E-state index contributed by atoms with van der Waals surface area (Å²) in [6.45, 7) is 5.76. The smallest absolute Gasteiger partial charge is 0.237 e. The second kappa shape index (κ2) is 12.4. The zero-order valence-corrected chi connectivity index (χ0v) is 18.1. The summed E-state index contributed by atoms with van der Waals surface area (Å²) in [7, 11) is 0. The molecule has 0 bridgehead atoms. The van der Waals surface area contributed by atoms with Crippen molar-refractivity contribution >= 4 is 39.8 Å². The Bertz CT molecular complexity index is 759. The van der Waals surface area contributed by atoms with Crippen LogP contribution in [0.15, 0.2) is 34.7 Å². The number of carbonyl (C=O) groups excluding carboxylic acids is 1. The Morgan fingerprint density at radius 1 is 1.36 bits per heavy atom. The highest BCUT2D eigenvalue weighted by Crippen LogP contribution is 2.26. The molecule has 0 aliphatic heterocycles. The van der Waals surface area contributed by atoms with Crippen LogP contribution in [-0.2, 0) is 4.79 Å². The Balaban J connectivity index is 1.82. The largest absolute Gasteiger partial charge is 0.360 e. The van der Waals surface area contributed by atoms with E-state index in [-0.39, 0.29) is 11.7 Å². The lowest BCUT2D eigenvalue weighted by molar-refractivity contribution is -0.116. The number of hydrogen-bond donors (Lipinski definition) is 1. The molecule has 1 aromatic carbocycles. The quantitative estimate of drug-likeness (QED) is 0.394. The Morgan fingerprint density at radius 2 is 2.14 bits per heavy atom. The molecule has 1 amide bonds. The van der Waals surface area contributed by atoms with E-state index in [1.54, 1.807) is 4.90 Å². The first kappa shape index (κ1) is 22.2. The van der Waals surface area contributed by atoms with Gasteiger partial charge < -0.3 is 10.2 Å². The number of anilines is 2. The minimum absolute atomic E-state index is 0.0373. The molecule has 0 radical (unpaired) electrons. The number of amides is 1. The van der Waals surface area contributed by atoms with Gasteiger partial charge in [-0.25, -0.2) is 0 Å². The van der Waals surface area contributed by atoms with Crippen molar-refractivity contribution in [3.05, 3.63) is 30.3 Å². The van der Waals surface area contributed by atoms with Gasteiger partial charge in [0.2, 0.25) is 11.0 Å². The third kappa shape index (κ3) is 7.49. The van der Waals surface area contributed by atoms with Gasteiger partial charge in [0.15, 0.2) is 4.34 Å². The topological polar surface area (TPSA) is 81.9 Å². The first-order valence-electron chi connectivity index (χ1n) is 9.56. The zero-order chi connectivity index (χ0) is 20.2. The van der Waals surface area contributed by atoms with Crippen molar-refractivity contribution in [3.8, 4) is 6.07 Å². The maximum atomic E-state index is 12.7. The molecule has 1 aromatic heterocycles. The van der Waals surface area contributed by atoms with Crippen LogP contribution in [0.2, 0.25) is 0 Å². The molecule has 2 rings (SSSR count). The van der Waals surface area contributed by atoms with Crippen LogP contribution in [0.4, 0.5) is 10.8 Å². The van der Waals surface area contributed by atoms with Gasteiger partial charge in [-0.2, -0.15) is 5.26 Å². The number of nitrogens with one attached hydrogen (secondary N) is 1. The molecular formula is C20H27N5OS2. The standard InChI is InChI=1S/C20H27N5OS2/c1-3-16(2)9-7-13-22-19-23-24-20(28-19)27-15-18(26)25(14-8-12-21)17-10-5-4-6-11-17/h4-6,10-11,16H,3,7-9,13-15H2,1-2H3,(H,22,23). The summed E-state index contributed by atoms with van der Waals surface area (Å²) < 4.78 is 0.770. The number of carbonyl (C=O) groups is 1. The maximum Gasteiger partial charge on any atom is 0.237 e. The Kier molecular flexibility index (Phi) is 9.80. The number of hydrogen-bond acceptors (Lipinski definition) is 7. The lowest BCUT2D eigenvalue weighted by atomic mass is 10.0. The summed E-state index contributed by atoms with van der Waals surface area (Å²) >= 11 is 2.86. The highest BCUT2D eigenvalue weighted by atomic mass is 32.2. The molecule has 0 saturated carbocycles. The van der Waals surface area contributed by atoms with E-state index in [0.29, 0.717) is 13.0 Å². The summed E-state index contributed by atoms with van der Waals surface area (Å²) in [6, 6.07) is 11.6. The third-order valence-corrected chi connectivity index (χ3v) is 6.39. The number of thioether (sulfide) groups is 1. The molecule has 2 aromatic rings. The summed E-state index contributed by atoms with van der Waals surface area (Å²) in [6.07, 6.45) is 3.83. The van der Waals surface area contributed by atoms with Crippen LogP contribution in [0.1, 0.15) is 39.5 Å². The summed E-state index contributed by atoms with van der Waals surface area (Å²) in [5, 5.41) is 21.3. The van der Waals surface area contributed by atoms with Gasteiger partial charge in [0.1, 0.15) is 0 Å². The molecule has 8 heteroatoms. The molecule has 28 heavy (non-hydrogen) atoms. The van der Waals surface area contributed by atoms with E-state index < -0.39 is 0 Å². The van der Waals surface area contributed by atoms with Crippen molar-refractivity contribution in [2.45, 2.75) is 43.9 Å². The van der Waals surface area contributed by atoms with Gasteiger partial charge in [-0.05, 0) is 30.9 Å². The molecule has 1 unspecified atom stereocenters. The molecule has 6 nitrogen and oxygen atoms in total. The molecule has 1 atom stereocenters. The van der Waals surface area contributed by atoms with Gasteiger partial charge in [0.05, 0.1) is 18.2 Å². The first-order chi connectivity index (χ1) is 13.6. The average molecular weight is 418 g/mol. The van der Waals surface area contributed by atoms with E-state index in [9.17, 15) is 4.79 Å². The summed E-state index contributed by atoms with van der Waals surface area (Å²) in [5.41, 5.74) is 0.810. The van der Waals surface area contributed by atoms with Gasteiger partial charge in [0, 0.05) is 18.8 Å². The second-order valence-electron chi connectivity index (χ2n) is 6.53. The Labute approximate surface area is 175 Å². The number of benzene rings is 1. The zero-order valence-electron chi connectivity index (χ0n) is 16.4. The highest BCUT2D eigenvalue weighted by Gasteiger charge is 2.16. The molecule has 150 valence electrons. The predicted molar refractivity (Wildman–Crippen MR) is 117 cm³/mol. The third-order valence-electron chi connectivity index (χ3n) is 4.39. The van der Waals surface area contributed by atoms with Crippen molar-refractivity contribution in [1.82, 2.24) is 10.2 Å². The fraction of sp³-hybridized carbons (Fsp3) is 0.500. The van der Waals surface area contributed by atoms with Gasteiger partial charge in [-0.15, -0.1) is 10.2 Å². The number of nitrogens with zero attached hydrogens (tertiary/aromatic N) is 4. The van der Waals surface area contributed by atoms with Crippen LogP contribution in [0, 0.1) is 17.2 Å². The van der Waals surface area contributed by atoms with Crippen LogP contribution < -0.4 is 10.2 Å². The van der Waals surface area contributed by atoms with Crippen LogP contribution in [0.25, 0.3) is 0 Å². The van der Waals surface area contributed by atoms with Crippen LogP contribution >= 0.6 is 23.1 Å². The summed E-state index contributed by atoms with van der Waals surface area (Å²) in [5.74, 6) is 0.981. The molecule has 0 saturated heterocycles. The number of para-hydroxylation sites is 1. The van der Waals surface area contributed by atoms with Crippen LogP contribution in [0.5, 0.6) is 0 Å². The second-order valence-corrected chi connectivity index (χ2v) is 8.73. The average Bonchev–Trinajstić information content (AvgIpc) is 3.18. The Hall–Kier alpha value is -2.11. The Morgan fingerprint density at radius 3 is 2.86 bits per heavy atom. The van der Waals surface area contributed by atoms with Crippen molar-refractivity contribution in [2.24, 2.45) is 5.92 Å². The fourth-order valence-corrected chi connectivity index (χ4v) is 4.21. The molecule has 0 fully saturated rings.